The molecular formula is C56H32N6. The van der Waals surface area contributed by atoms with Gasteiger partial charge in [0.25, 0.3) is 0 Å². The predicted octanol–water partition coefficient (Wildman–Crippen LogP) is 13.6. The van der Waals surface area contributed by atoms with E-state index in [1.807, 2.05) is 91.0 Å². The van der Waals surface area contributed by atoms with Crippen LogP contribution in [0.3, 0.4) is 0 Å². The molecule has 0 aliphatic rings. The van der Waals surface area contributed by atoms with Crippen LogP contribution in [0.1, 0.15) is 16.7 Å². The van der Waals surface area contributed by atoms with Crippen LogP contribution in [0.2, 0.25) is 0 Å². The van der Waals surface area contributed by atoms with Crippen LogP contribution in [0.4, 0.5) is 0 Å². The summed E-state index contributed by atoms with van der Waals surface area (Å²) in [6.45, 7) is 0. The molecule has 11 aromatic rings. The van der Waals surface area contributed by atoms with Crippen molar-refractivity contribution in [2.75, 3.05) is 0 Å². The molecule has 11 rings (SSSR count). The number of nitriles is 3. The molecule has 0 saturated carbocycles. The van der Waals surface area contributed by atoms with Crippen LogP contribution in [-0.4, -0.2) is 14.1 Å². The van der Waals surface area contributed by atoms with Crippen molar-refractivity contribution in [2.45, 2.75) is 0 Å². The third-order valence-electron chi connectivity index (χ3n) is 11.8. The molecule has 0 unspecified atom stereocenters. The van der Waals surface area contributed by atoms with Gasteiger partial charge in [-0.25, -0.2) is 4.98 Å². The molecule has 286 valence electrons. The summed E-state index contributed by atoms with van der Waals surface area (Å²) < 4.78 is 4.66. The van der Waals surface area contributed by atoms with E-state index in [2.05, 4.69) is 130 Å². The van der Waals surface area contributed by atoms with Gasteiger partial charge >= 0.3 is 0 Å². The molecule has 0 saturated heterocycles. The van der Waals surface area contributed by atoms with Crippen molar-refractivity contribution in [2.24, 2.45) is 0 Å². The van der Waals surface area contributed by atoms with Gasteiger partial charge in [-0.3, -0.25) is 0 Å². The Balaban J connectivity index is 1.16. The monoisotopic (exact) mass is 788 g/mol. The van der Waals surface area contributed by atoms with Gasteiger partial charge in [0.05, 0.1) is 56.2 Å². The molecule has 3 aromatic heterocycles. The van der Waals surface area contributed by atoms with Crippen LogP contribution < -0.4 is 0 Å². The Morgan fingerprint density at radius 2 is 0.855 bits per heavy atom. The van der Waals surface area contributed by atoms with Crippen LogP contribution >= 0.6 is 0 Å². The molecular weight excluding hydrogens is 757 g/mol. The van der Waals surface area contributed by atoms with Crippen LogP contribution in [0, 0.1) is 34.0 Å². The molecule has 0 radical (unpaired) electrons. The van der Waals surface area contributed by atoms with Gasteiger partial charge in [-0.15, -0.1) is 0 Å². The minimum atomic E-state index is 0.276. The molecule has 0 N–H and O–H groups in total. The van der Waals surface area contributed by atoms with E-state index in [1.54, 1.807) is 0 Å². The van der Waals surface area contributed by atoms with Crippen molar-refractivity contribution in [1.82, 2.24) is 14.1 Å². The van der Waals surface area contributed by atoms with Crippen molar-refractivity contribution < 1.29 is 0 Å². The summed E-state index contributed by atoms with van der Waals surface area (Å²) in [4.78, 5) is 5.04. The summed E-state index contributed by atoms with van der Waals surface area (Å²) in [7, 11) is 0. The molecule has 0 aliphatic heterocycles. The third kappa shape index (κ3) is 5.59. The first-order chi connectivity index (χ1) is 30.7. The van der Waals surface area contributed by atoms with Crippen LogP contribution in [0.25, 0.3) is 99.8 Å². The quantitative estimate of drug-likeness (QED) is 0.168. The van der Waals surface area contributed by atoms with Gasteiger partial charge in [0.15, 0.2) is 0 Å². The lowest BCUT2D eigenvalue weighted by atomic mass is 9.88. The average molecular weight is 789 g/mol. The van der Waals surface area contributed by atoms with Crippen molar-refractivity contribution in [1.29, 1.82) is 15.8 Å². The zero-order valence-corrected chi connectivity index (χ0v) is 33.2. The van der Waals surface area contributed by atoms with Gasteiger partial charge in [0.2, 0.25) is 0 Å². The largest absolute Gasteiger partial charge is 0.309 e. The van der Waals surface area contributed by atoms with Gasteiger partial charge < -0.3 is 9.13 Å². The molecule has 0 bridgehead atoms. The fourth-order valence-electron chi connectivity index (χ4n) is 9.19. The fourth-order valence-corrected chi connectivity index (χ4v) is 9.19. The summed E-state index contributed by atoms with van der Waals surface area (Å²) in [6.07, 6.45) is 0. The number of hydrogen-bond acceptors (Lipinski definition) is 4. The highest BCUT2D eigenvalue weighted by Gasteiger charge is 2.25. The second-order valence-corrected chi connectivity index (χ2v) is 15.2. The van der Waals surface area contributed by atoms with Crippen molar-refractivity contribution in [3.8, 4) is 74.4 Å². The average Bonchev–Trinajstić information content (AvgIpc) is 3.86. The molecule has 62 heavy (non-hydrogen) atoms. The SMILES string of the molecule is N#Cc1cc(-c2nc(-c3ccccc3)c(C#N)c(-c3ccccc3)c2C#N)ccc1-c1ccc2c(c1)c1c3c4ccccc4n(-c4ccccc4)c3ccc1n2-c1ccccc1. The summed E-state index contributed by atoms with van der Waals surface area (Å²) in [6, 6.07) is 72.4. The number of nitrogens with zero attached hydrogens (tertiary/aromatic N) is 6. The molecule has 6 heteroatoms. The normalized spacial score (nSPS) is 11.2. The molecule has 0 aliphatic carbocycles. The maximum atomic E-state index is 10.8. The van der Waals surface area contributed by atoms with E-state index >= 15 is 0 Å². The Kier molecular flexibility index (Phi) is 8.54. The summed E-state index contributed by atoms with van der Waals surface area (Å²) in [5.41, 5.74) is 12.7. The molecule has 3 heterocycles. The molecule has 0 spiro atoms. The second kappa shape index (κ2) is 14.7. The Labute approximate surface area is 357 Å². The zero-order chi connectivity index (χ0) is 41.7. The third-order valence-corrected chi connectivity index (χ3v) is 11.8. The Bertz CT molecular complexity index is 3690. The number of rotatable bonds is 6. The summed E-state index contributed by atoms with van der Waals surface area (Å²) in [5, 5.41) is 36.7. The summed E-state index contributed by atoms with van der Waals surface area (Å²) >= 11 is 0. The summed E-state index contributed by atoms with van der Waals surface area (Å²) in [5.74, 6) is 0. The maximum absolute atomic E-state index is 10.8. The van der Waals surface area contributed by atoms with Crippen LogP contribution in [0.15, 0.2) is 194 Å². The van der Waals surface area contributed by atoms with E-state index in [-0.39, 0.29) is 5.56 Å². The second-order valence-electron chi connectivity index (χ2n) is 15.2. The lowest BCUT2D eigenvalue weighted by molar-refractivity contribution is 1.17. The highest BCUT2D eigenvalue weighted by molar-refractivity contribution is 6.29. The van der Waals surface area contributed by atoms with E-state index in [9.17, 15) is 15.8 Å². The van der Waals surface area contributed by atoms with E-state index in [0.717, 1.165) is 77.2 Å². The molecule has 0 atom stereocenters. The number of pyridine rings is 1. The van der Waals surface area contributed by atoms with Crippen molar-refractivity contribution >= 4 is 43.6 Å². The minimum absolute atomic E-state index is 0.276. The topological polar surface area (TPSA) is 94.1 Å². The lowest BCUT2D eigenvalue weighted by Crippen LogP contribution is -2.02. The number of fused-ring (bicyclic) bond motifs is 7. The number of hydrogen-bond donors (Lipinski definition) is 0. The van der Waals surface area contributed by atoms with Gasteiger partial charge in [-0.1, -0.05) is 133 Å². The Morgan fingerprint density at radius 3 is 1.45 bits per heavy atom. The highest BCUT2D eigenvalue weighted by Crippen LogP contribution is 2.44. The van der Waals surface area contributed by atoms with Crippen molar-refractivity contribution in [3.05, 3.63) is 211 Å². The first-order valence-corrected chi connectivity index (χ1v) is 20.3. The Hall–Kier alpha value is -9.02. The van der Waals surface area contributed by atoms with E-state index in [4.69, 9.17) is 4.98 Å². The first-order valence-electron chi connectivity index (χ1n) is 20.3. The fraction of sp³-hybridized carbons (Fsp3) is 0. The number of aromatic nitrogens is 3. The van der Waals surface area contributed by atoms with Gasteiger partial charge in [0.1, 0.15) is 12.1 Å². The molecule has 0 amide bonds. The highest BCUT2D eigenvalue weighted by atomic mass is 15.0. The van der Waals surface area contributed by atoms with E-state index in [0.29, 0.717) is 33.6 Å². The zero-order valence-electron chi connectivity index (χ0n) is 33.2. The number of para-hydroxylation sites is 3. The maximum Gasteiger partial charge on any atom is 0.102 e. The first kappa shape index (κ1) is 36.1. The smallest absolute Gasteiger partial charge is 0.102 e. The van der Waals surface area contributed by atoms with Crippen LogP contribution in [0.5, 0.6) is 0 Å². The lowest BCUT2D eigenvalue weighted by Gasteiger charge is -2.16. The van der Waals surface area contributed by atoms with E-state index in [1.165, 1.54) is 0 Å². The van der Waals surface area contributed by atoms with Gasteiger partial charge in [-0.05, 0) is 77.4 Å². The molecule has 0 fully saturated rings. The predicted molar refractivity (Wildman–Crippen MR) is 249 cm³/mol. The molecule has 6 nitrogen and oxygen atoms in total. The standard InChI is InChI=1S/C56H32N6/c57-33-40-31-39(56-47(35-59)52(36-15-5-1-6-16-36)46(34-58)55(60-56)37-17-7-2-8-18-37)25-27-43(40)38-26-28-49-45(32-38)54-51(62(49)42-21-11-4-12-22-42)30-29-50-53(54)44-23-13-14-24-48(44)61(50)41-19-9-3-10-20-41/h1-32H. The van der Waals surface area contributed by atoms with Gasteiger partial charge in [-0.2, -0.15) is 15.8 Å². The number of benzene rings is 8. The minimum Gasteiger partial charge on any atom is -0.309 e. The Morgan fingerprint density at radius 1 is 0.371 bits per heavy atom. The van der Waals surface area contributed by atoms with E-state index < -0.39 is 0 Å². The van der Waals surface area contributed by atoms with Crippen LogP contribution in [-0.2, 0) is 0 Å². The van der Waals surface area contributed by atoms with Crippen molar-refractivity contribution in [3.63, 3.8) is 0 Å². The molecule has 8 aromatic carbocycles. The van der Waals surface area contributed by atoms with Gasteiger partial charge in [0, 0.05) is 49.6 Å².